The molecule has 0 aliphatic carbocycles. The number of rotatable bonds is 3. The number of carbonyl (C=O) groups excluding carboxylic acids is 1. The van der Waals surface area contributed by atoms with Crippen LogP contribution in [0, 0.1) is 5.92 Å². The van der Waals surface area contributed by atoms with Gasteiger partial charge in [0.05, 0.1) is 0 Å². The Hall–Kier alpha value is -1.01. The molecule has 0 spiro atoms. The highest BCUT2D eigenvalue weighted by Gasteiger charge is 2.27. The summed E-state index contributed by atoms with van der Waals surface area (Å²) in [6.07, 6.45) is 3.57. The van der Waals surface area contributed by atoms with Crippen molar-refractivity contribution in [3.05, 3.63) is 17.5 Å². The first-order valence-electron chi connectivity index (χ1n) is 7.43. The van der Waals surface area contributed by atoms with E-state index in [9.17, 15) is 4.79 Å². The molecular formula is C15H22ClN3O2S. The molecule has 1 amide bonds. The third-order valence-electron chi connectivity index (χ3n) is 3.24. The van der Waals surface area contributed by atoms with Crippen LogP contribution in [0.2, 0.25) is 5.28 Å². The molecule has 122 valence electrons. The molecule has 22 heavy (non-hydrogen) atoms. The number of nitrogens with zero attached hydrogens (tertiary/aromatic N) is 3. The molecule has 0 saturated carbocycles. The van der Waals surface area contributed by atoms with E-state index in [0.29, 0.717) is 5.92 Å². The number of halogens is 1. The minimum absolute atomic E-state index is 0.215. The van der Waals surface area contributed by atoms with E-state index in [0.717, 1.165) is 36.7 Å². The molecule has 1 saturated heterocycles. The zero-order valence-corrected chi connectivity index (χ0v) is 14.8. The lowest BCUT2D eigenvalue weighted by atomic mass is 10.0. The van der Waals surface area contributed by atoms with Crippen molar-refractivity contribution in [2.75, 3.05) is 18.8 Å². The van der Waals surface area contributed by atoms with Crippen LogP contribution in [-0.4, -0.2) is 45.4 Å². The Bertz CT molecular complexity index is 522. The summed E-state index contributed by atoms with van der Waals surface area (Å²) in [5.41, 5.74) is -0.448. The molecular weight excluding hydrogens is 322 g/mol. The van der Waals surface area contributed by atoms with E-state index in [1.807, 2.05) is 31.7 Å². The van der Waals surface area contributed by atoms with Crippen molar-refractivity contribution in [1.29, 1.82) is 0 Å². The quantitative estimate of drug-likeness (QED) is 0.473. The third-order valence-corrected chi connectivity index (χ3v) is 4.58. The van der Waals surface area contributed by atoms with Crippen LogP contribution in [0.5, 0.6) is 0 Å². The molecule has 2 heterocycles. The Morgan fingerprint density at radius 3 is 3.00 bits per heavy atom. The van der Waals surface area contributed by atoms with Gasteiger partial charge >= 0.3 is 6.09 Å². The zero-order chi connectivity index (χ0) is 16.2. The van der Waals surface area contributed by atoms with Crippen LogP contribution >= 0.6 is 23.4 Å². The molecule has 0 N–H and O–H groups in total. The molecule has 0 radical (unpaired) electrons. The van der Waals surface area contributed by atoms with E-state index < -0.39 is 5.60 Å². The van der Waals surface area contributed by atoms with Gasteiger partial charge in [0.1, 0.15) is 10.6 Å². The number of ether oxygens (including phenoxy) is 1. The minimum atomic E-state index is -0.448. The average Bonchev–Trinajstić information content (AvgIpc) is 2.44. The van der Waals surface area contributed by atoms with Crippen molar-refractivity contribution in [2.24, 2.45) is 5.92 Å². The fraction of sp³-hybridized carbons (Fsp3) is 0.667. The maximum atomic E-state index is 12.1. The second kappa shape index (κ2) is 7.51. The zero-order valence-electron chi connectivity index (χ0n) is 13.2. The smallest absolute Gasteiger partial charge is 0.410 e. The highest BCUT2D eigenvalue weighted by molar-refractivity contribution is 7.99. The van der Waals surface area contributed by atoms with E-state index in [1.165, 1.54) is 0 Å². The lowest BCUT2D eigenvalue weighted by molar-refractivity contribution is 0.0177. The molecule has 0 unspecified atom stereocenters. The summed E-state index contributed by atoms with van der Waals surface area (Å²) in [7, 11) is 0. The molecule has 5 nitrogen and oxygen atoms in total. The van der Waals surface area contributed by atoms with Crippen molar-refractivity contribution < 1.29 is 9.53 Å². The number of amides is 1. The Morgan fingerprint density at radius 2 is 2.32 bits per heavy atom. The number of piperidine rings is 1. The van der Waals surface area contributed by atoms with E-state index in [1.54, 1.807) is 18.0 Å². The molecule has 1 fully saturated rings. The van der Waals surface area contributed by atoms with Crippen LogP contribution in [0.1, 0.15) is 33.6 Å². The normalized spacial score (nSPS) is 19.1. The van der Waals surface area contributed by atoms with Crippen LogP contribution in [0.4, 0.5) is 4.79 Å². The van der Waals surface area contributed by atoms with Gasteiger partial charge in [0.25, 0.3) is 0 Å². The van der Waals surface area contributed by atoms with Crippen LogP contribution < -0.4 is 0 Å². The van der Waals surface area contributed by atoms with Gasteiger partial charge in [-0.15, -0.1) is 11.8 Å². The van der Waals surface area contributed by atoms with Gasteiger partial charge in [0, 0.05) is 25.0 Å². The summed E-state index contributed by atoms with van der Waals surface area (Å²) >= 11 is 7.44. The lowest BCUT2D eigenvalue weighted by Gasteiger charge is -2.34. The van der Waals surface area contributed by atoms with Crippen LogP contribution in [0.3, 0.4) is 0 Å². The molecule has 1 aromatic rings. The van der Waals surface area contributed by atoms with Gasteiger partial charge in [-0.1, -0.05) is 0 Å². The van der Waals surface area contributed by atoms with Crippen LogP contribution in [-0.2, 0) is 4.74 Å². The predicted octanol–water partition coefficient (Wildman–Crippen LogP) is 3.87. The maximum Gasteiger partial charge on any atom is 0.410 e. The largest absolute Gasteiger partial charge is 0.444 e. The van der Waals surface area contributed by atoms with E-state index in [-0.39, 0.29) is 11.4 Å². The number of aromatic nitrogens is 2. The van der Waals surface area contributed by atoms with Crippen molar-refractivity contribution in [3.8, 4) is 0 Å². The minimum Gasteiger partial charge on any atom is -0.444 e. The molecule has 1 aliphatic heterocycles. The summed E-state index contributed by atoms with van der Waals surface area (Å²) in [6, 6.07) is 1.85. The van der Waals surface area contributed by atoms with Crippen molar-refractivity contribution in [2.45, 2.75) is 44.2 Å². The van der Waals surface area contributed by atoms with E-state index >= 15 is 0 Å². The Kier molecular flexibility index (Phi) is 5.92. The van der Waals surface area contributed by atoms with Gasteiger partial charge < -0.3 is 9.64 Å². The number of carbonyl (C=O) groups is 1. The highest BCUT2D eigenvalue weighted by Crippen LogP contribution is 2.26. The number of hydrogen-bond acceptors (Lipinski definition) is 5. The lowest BCUT2D eigenvalue weighted by Crippen LogP contribution is -2.43. The van der Waals surface area contributed by atoms with Crippen LogP contribution in [0.15, 0.2) is 17.3 Å². The Morgan fingerprint density at radius 1 is 1.55 bits per heavy atom. The molecule has 0 bridgehead atoms. The van der Waals surface area contributed by atoms with E-state index in [4.69, 9.17) is 16.3 Å². The first-order chi connectivity index (χ1) is 10.3. The molecule has 1 aromatic heterocycles. The fourth-order valence-corrected chi connectivity index (χ4v) is 3.48. The van der Waals surface area contributed by atoms with Gasteiger partial charge in [-0.25, -0.2) is 14.8 Å². The number of likely N-dealkylation sites (tertiary alicyclic amines) is 1. The third kappa shape index (κ3) is 5.65. The summed E-state index contributed by atoms with van der Waals surface area (Å²) < 4.78 is 5.45. The van der Waals surface area contributed by atoms with Gasteiger partial charge in [-0.05, 0) is 57.2 Å². The van der Waals surface area contributed by atoms with Gasteiger partial charge in [0.2, 0.25) is 5.28 Å². The predicted molar refractivity (Wildman–Crippen MR) is 88.3 cm³/mol. The molecule has 7 heteroatoms. The molecule has 1 atom stereocenters. The second-order valence-electron chi connectivity index (χ2n) is 6.41. The van der Waals surface area contributed by atoms with Crippen molar-refractivity contribution in [1.82, 2.24) is 14.9 Å². The fourth-order valence-electron chi connectivity index (χ4n) is 2.30. The van der Waals surface area contributed by atoms with Gasteiger partial charge in [0.15, 0.2) is 0 Å². The first kappa shape index (κ1) is 17.3. The van der Waals surface area contributed by atoms with Gasteiger partial charge in [-0.2, -0.15) is 0 Å². The van der Waals surface area contributed by atoms with Crippen molar-refractivity contribution >= 4 is 29.5 Å². The van der Waals surface area contributed by atoms with Crippen LogP contribution in [0.25, 0.3) is 0 Å². The number of hydrogen-bond donors (Lipinski definition) is 0. The monoisotopic (exact) mass is 343 g/mol. The highest BCUT2D eigenvalue weighted by atomic mass is 35.5. The van der Waals surface area contributed by atoms with Gasteiger partial charge in [-0.3, -0.25) is 0 Å². The molecule has 1 aliphatic rings. The SMILES string of the molecule is CC(C)(C)OC(=O)N1CCC[C@H](CSc2ccnc(Cl)n2)C1. The van der Waals surface area contributed by atoms with E-state index in [2.05, 4.69) is 9.97 Å². The summed E-state index contributed by atoms with van der Waals surface area (Å²) in [4.78, 5) is 22.0. The molecule has 0 aromatic carbocycles. The average molecular weight is 344 g/mol. The Labute approximate surface area is 140 Å². The van der Waals surface area contributed by atoms with Crippen molar-refractivity contribution in [3.63, 3.8) is 0 Å². The number of thioether (sulfide) groups is 1. The standard InChI is InChI=1S/C15H22ClN3O2S/c1-15(2,3)21-14(20)19-8-4-5-11(9-19)10-22-12-6-7-17-13(16)18-12/h6-7,11H,4-5,8-10H2,1-3H3/t11-/m0/s1. The summed E-state index contributed by atoms with van der Waals surface area (Å²) in [5, 5.41) is 1.14. The topological polar surface area (TPSA) is 55.3 Å². The molecule has 2 rings (SSSR count). The Balaban J connectivity index is 1.84. The summed E-state index contributed by atoms with van der Waals surface area (Å²) in [5.74, 6) is 1.35. The summed E-state index contributed by atoms with van der Waals surface area (Å²) in [6.45, 7) is 7.18. The second-order valence-corrected chi connectivity index (χ2v) is 7.79. The maximum absolute atomic E-state index is 12.1. The first-order valence-corrected chi connectivity index (χ1v) is 8.79.